The maximum absolute atomic E-state index is 13.9. The molecule has 0 spiro atoms. The molecule has 44 heavy (non-hydrogen) atoms. The van der Waals surface area contributed by atoms with E-state index in [1.165, 1.54) is 17.0 Å². The van der Waals surface area contributed by atoms with Crippen molar-refractivity contribution in [3.05, 3.63) is 71.1 Å². The van der Waals surface area contributed by atoms with Crippen LogP contribution in [0.4, 0.5) is 13.6 Å². The van der Waals surface area contributed by atoms with Gasteiger partial charge in [-0.25, -0.2) is 14.8 Å². The largest absolute Gasteiger partial charge is 0.447 e. The van der Waals surface area contributed by atoms with E-state index in [9.17, 15) is 18.4 Å². The Bertz CT molecular complexity index is 1720. The van der Waals surface area contributed by atoms with Crippen LogP contribution >= 0.6 is 11.6 Å². The summed E-state index contributed by atoms with van der Waals surface area (Å²) in [7, 11) is 0. The number of alkyl carbamates (subject to hydrolysis) is 1. The molecule has 4 aromatic rings. The van der Waals surface area contributed by atoms with Gasteiger partial charge in [0.1, 0.15) is 18.6 Å². The molecule has 1 aliphatic heterocycles. The number of hydrogen-bond acceptors (Lipinski definition) is 9. The van der Waals surface area contributed by atoms with Gasteiger partial charge in [-0.1, -0.05) is 41.9 Å². The molecule has 1 saturated carbocycles. The lowest BCUT2D eigenvalue weighted by atomic mass is 10.0. The number of nitrogens with two attached hydrogens (primary N) is 1. The minimum absolute atomic E-state index is 0.104. The number of carbonyl (C=O) groups is 2. The van der Waals surface area contributed by atoms with Gasteiger partial charge in [0, 0.05) is 17.7 Å². The molecular weight excluding hydrogens is 598 g/mol. The SMILES string of the molecule is CCNC(=O)OCC(c1ccc(Cl)c(-c2ncnn2C(F)F)c1)N1C(=O)C(c2ccc(-c3cnn(C4CC4)n3)cc2)N=C1N. The Hall–Kier alpha value is -4.92. The molecular formula is C28H27ClF2N10O3. The molecule has 2 atom stereocenters. The van der Waals surface area contributed by atoms with E-state index in [0.717, 1.165) is 30.4 Å². The lowest BCUT2D eigenvalue weighted by Gasteiger charge is -2.28. The predicted molar refractivity (Wildman–Crippen MR) is 154 cm³/mol. The van der Waals surface area contributed by atoms with Crippen LogP contribution in [-0.4, -0.2) is 65.8 Å². The van der Waals surface area contributed by atoms with Gasteiger partial charge in [0.05, 0.1) is 23.3 Å². The van der Waals surface area contributed by atoms with Gasteiger partial charge in [0.15, 0.2) is 17.8 Å². The number of guanidine groups is 1. The molecule has 228 valence electrons. The second kappa shape index (κ2) is 12.0. The van der Waals surface area contributed by atoms with E-state index in [1.54, 1.807) is 36.1 Å². The van der Waals surface area contributed by atoms with Crippen LogP contribution in [0.2, 0.25) is 5.02 Å². The molecule has 6 rings (SSSR count). The Morgan fingerprint density at radius 1 is 1.18 bits per heavy atom. The van der Waals surface area contributed by atoms with Crippen LogP contribution in [0.1, 0.15) is 55.6 Å². The van der Waals surface area contributed by atoms with Crippen LogP contribution in [-0.2, 0) is 9.53 Å². The highest BCUT2D eigenvalue weighted by atomic mass is 35.5. The molecule has 3 N–H and O–H groups in total. The highest BCUT2D eigenvalue weighted by Gasteiger charge is 2.40. The van der Waals surface area contributed by atoms with Crippen molar-refractivity contribution in [2.75, 3.05) is 13.2 Å². The maximum Gasteiger partial charge on any atom is 0.407 e. The molecule has 2 amide bonds. The quantitative estimate of drug-likeness (QED) is 0.265. The van der Waals surface area contributed by atoms with Crippen molar-refractivity contribution in [3.63, 3.8) is 0 Å². The van der Waals surface area contributed by atoms with Crippen LogP contribution in [0.5, 0.6) is 0 Å². The number of aromatic nitrogens is 6. The molecule has 2 aromatic carbocycles. The van der Waals surface area contributed by atoms with E-state index < -0.39 is 30.6 Å². The van der Waals surface area contributed by atoms with Crippen LogP contribution < -0.4 is 11.1 Å². The number of rotatable bonds is 10. The van der Waals surface area contributed by atoms with Gasteiger partial charge >= 0.3 is 12.6 Å². The first-order valence-corrected chi connectivity index (χ1v) is 14.2. The summed E-state index contributed by atoms with van der Waals surface area (Å²) in [5.74, 6) is -0.750. The van der Waals surface area contributed by atoms with Crippen molar-refractivity contribution in [3.8, 4) is 22.6 Å². The molecule has 2 unspecified atom stereocenters. The van der Waals surface area contributed by atoms with Crippen molar-refractivity contribution >= 4 is 29.6 Å². The highest BCUT2D eigenvalue weighted by Crippen LogP contribution is 2.37. The van der Waals surface area contributed by atoms with Gasteiger partial charge in [-0.05, 0) is 43.0 Å². The summed E-state index contributed by atoms with van der Waals surface area (Å²) in [4.78, 5) is 37.4. The summed E-state index contributed by atoms with van der Waals surface area (Å²) in [6.45, 7) is -1.25. The van der Waals surface area contributed by atoms with Crippen LogP contribution in [0.15, 0.2) is 60.0 Å². The Kier molecular flexibility index (Phi) is 7.95. The number of nitrogens with zero attached hydrogens (tertiary/aromatic N) is 8. The number of ether oxygens (including phenoxy) is 1. The first-order valence-electron chi connectivity index (χ1n) is 13.8. The Labute approximate surface area is 254 Å². The molecule has 1 aliphatic carbocycles. The monoisotopic (exact) mass is 624 g/mol. The van der Waals surface area contributed by atoms with E-state index in [-0.39, 0.29) is 29.0 Å². The van der Waals surface area contributed by atoms with E-state index in [1.807, 2.05) is 12.1 Å². The number of carbonyl (C=O) groups excluding carboxylic acids is 2. The van der Waals surface area contributed by atoms with Crippen LogP contribution in [0.3, 0.4) is 0 Å². The van der Waals surface area contributed by atoms with E-state index in [2.05, 4.69) is 30.6 Å². The molecule has 2 aliphatic rings. The summed E-state index contributed by atoms with van der Waals surface area (Å²) >= 11 is 6.37. The van der Waals surface area contributed by atoms with Gasteiger partial charge in [0.25, 0.3) is 5.91 Å². The normalized spacial score (nSPS) is 17.2. The van der Waals surface area contributed by atoms with Crippen molar-refractivity contribution in [1.82, 2.24) is 40.0 Å². The molecule has 0 bridgehead atoms. The molecule has 0 saturated heterocycles. The van der Waals surface area contributed by atoms with Gasteiger partial charge in [0.2, 0.25) is 0 Å². The zero-order chi connectivity index (χ0) is 31.0. The van der Waals surface area contributed by atoms with Crippen LogP contribution in [0, 0.1) is 0 Å². The molecule has 1 fully saturated rings. The first kappa shape index (κ1) is 29.2. The van der Waals surface area contributed by atoms with Crippen molar-refractivity contribution < 1.29 is 23.1 Å². The fraction of sp³-hybridized carbons (Fsp3) is 0.321. The lowest BCUT2D eigenvalue weighted by molar-refractivity contribution is -0.129. The van der Waals surface area contributed by atoms with Gasteiger partial charge < -0.3 is 15.8 Å². The fourth-order valence-electron chi connectivity index (χ4n) is 4.93. The number of benzene rings is 2. The van der Waals surface area contributed by atoms with Crippen molar-refractivity contribution in [2.45, 2.75) is 44.4 Å². The summed E-state index contributed by atoms with van der Waals surface area (Å²) in [6, 6.07) is 10.1. The van der Waals surface area contributed by atoms with Crippen molar-refractivity contribution in [2.24, 2.45) is 10.7 Å². The summed E-state index contributed by atoms with van der Waals surface area (Å²) in [5.41, 5.74) is 8.97. The molecule has 16 heteroatoms. The van der Waals surface area contributed by atoms with Crippen molar-refractivity contribution in [1.29, 1.82) is 0 Å². The number of nitrogens with one attached hydrogen (secondary N) is 1. The smallest absolute Gasteiger partial charge is 0.407 e. The topological polar surface area (TPSA) is 158 Å². The maximum atomic E-state index is 13.9. The molecule has 13 nitrogen and oxygen atoms in total. The second-order valence-electron chi connectivity index (χ2n) is 10.2. The van der Waals surface area contributed by atoms with Gasteiger partial charge in [-0.3, -0.25) is 9.69 Å². The average molecular weight is 625 g/mol. The summed E-state index contributed by atoms with van der Waals surface area (Å²) in [5, 5.41) is 15.1. The van der Waals surface area contributed by atoms with Gasteiger partial charge in [-0.2, -0.15) is 33.6 Å². The number of hydrogen-bond donors (Lipinski definition) is 2. The zero-order valence-electron chi connectivity index (χ0n) is 23.3. The number of amides is 2. The summed E-state index contributed by atoms with van der Waals surface area (Å²) in [6.07, 6.45) is 4.11. The van der Waals surface area contributed by atoms with Gasteiger partial charge in [-0.15, -0.1) is 0 Å². The highest BCUT2D eigenvalue weighted by molar-refractivity contribution is 6.33. The number of halogens is 3. The Balaban J connectivity index is 1.30. The minimum atomic E-state index is -2.97. The number of alkyl halides is 2. The van der Waals surface area contributed by atoms with E-state index >= 15 is 0 Å². The minimum Gasteiger partial charge on any atom is -0.447 e. The molecule has 3 heterocycles. The Morgan fingerprint density at radius 3 is 2.66 bits per heavy atom. The molecule has 2 aromatic heterocycles. The molecule has 0 radical (unpaired) electrons. The summed E-state index contributed by atoms with van der Waals surface area (Å²) < 4.78 is 33.0. The van der Waals surface area contributed by atoms with Crippen LogP contribution in [0.25, 0.3) is 22.6 Å². The average Bonchev–Trinajstić information content (AvgIpc) is 3.40. The third kappa shape index (κ3) is 5.69. The predicted octanol–water partition coefficient (Wildman–Crippen LogP) is 4.27. The second-order valence-corrected chi connectivity index (χ2v) is 10.6. The third-order valence-electron chi connectivity index (χ3n) is 7.26. The zero-order valence-corrected chi connectivity index (χ0v) is 24.1. The lowest BCUT2D eigenvalue weighted by Crippen LogP contribution is -2.43. The van der Waals surface area contributed by atoms with E-state index in [4.69, 9.17) is 22.1 Å². The standard InChI is InChI=1S/C28H27ClF2N10O3/c1-2-33-28(43)44-13-22(17-7-10-20(29)19(11-17)24-34-14-36-40(24)26(30)31)39-25(42)23(37-27(39)32)16-5-3-15(4-6-16)21-12-35-41(38-21)18-8-9-18/h3-7,10-12,14,18,22-23,26H,2,8-9,13H2,1H3,(H2,32,37)(H,33,43). The van der Waals surface area contributed by atoms with E-state index in [0.29, 0.717) is 28.4 Å². The fourth-order valence-corrected chi connectivity index (χ4v) is 5.13. The Morgan fingerprint density at radius 2 is 1.95 bits per heavy atom. The first-order chi connectivity index (χ1) is 21.2. The third-order valence-corrected chi connectivity index (χ3v) is 7.59. The number of aliphatic imine (C=N–C) groups is 1.